The molecule has 0 spiro atoms. The van der Waals surface area contributed by atoms with Crippen LogP contribution in [0.1, 0.15) is 5.56 Å². The van der Waals surface area contributed by atoms with E-state index in [0.717, 1.165) is 52.9 Å². The molecule has 1 aliphatic heterocycles. The van der Waals surface area contributed by atoms with Crippen LogP contribution in [0.5, 0.6) is 0 Å². The number of nitriles is 1. The molecule has 2 aromatic carbocycles. The minimum atomic E-state index is 0.505. The minimum absolute atomic E-state index is 0.505. The highest BCUT2D eigenvalue weighted by atomic mass is 79.9. The van der Waals surface area contributed by atoms with E-state index in [1.165, 1.54) is 0 Å². The Labute approximate surface area is 166 Å². The summed E-state index contributed by atoms with van der Waals surface area (Å²) < 4.78 is 0.925. The van der Waals surface area contributed by atoms with Gasteiger partial charge in [0, 0.05) is 47.9 Å². The fourth-order valence-electron chi connectivity index (χ4n) is 3.24. The number of likely N-dealkylation sites (N-methyl/N-ethyl adjacent to an activating group) is 1. The number of fused-ring (bicyclic) bond motifs is 1. The minimum Gasteiger partial charge on any atom is -0.368 e. The summed E-state index contributed by atoms with van der Waals surface area (Å²) in [6.07, 6.45) is 1.79. The number of para-hydroxylation sites is 1. The summed E-state index contributed by atoms with van der Waals surface area (Å²) in [5.41, 5.74) is 3.30. The summed E-state index contributed by atoms with van der Waals surface area (Å²) in [4.78, 5) is 13.5. The molecule has 4 rings (SSSR count). The number of nitrogens with one attached hydrogen (secondary N) is 1. The topological polar surface area (TPSA) is 68.1 Å². The number of aromatic nitrogens is 2. The Balaban J connectivity index is 1.60. The van der Waals surface area contributed by atoms with E-state index in [1.54, 1.807) is 6.20 Å². The lowest BCUT2D eigenvalue weighted by atomic mass is 10.1. The first-order chi connectivity index (χ1) is 13.1. The first-order valence-corrected chi connectivity index (χ1v) is 9.59. The van der Waals surface area contributed by atoms with Crippen LogP contribution in [0, 0.1) is 11.3 Å². The second kappa shape index (κ2) is 7.51. The SMILES string of the molecule is CN1CCN(c2ccc(Nc3ncc4cccc(Br)c4n3)cc2C#N)CC1. The molecule has 1 saturated heterocycles. The van der Waals surface area contributed by atoms with Crippen molar-refractivity contribution in [1.82, 2.24) is 14.9 Å². The van der Waals surface area contributed by atoms with E-state index >= 15 is 0 Å². The number of rotatable bonds is 3. The maximum Gasteiger partial charge on any atom is 0.227 e. The van der Waals surface area contributed by atoms with E-state index in [-0.39, 0.29) is 0 Å². The maximum absolute atomic E-state index is 9.62. The molecule has 0 unspecified atom stereocenters. The maximum atomic E-state index is 9.62. The summed E-state index contributed by atoms with van der Waals surface area (Å²) in [6, 6.07) is 14.1. The van der Waals surface area contributed by atoms with Crippen LogP contribution in [-0.4, -0.2) is 48.1 Å². The largest absolute Gasteiger partial charge is 0.368 e. The molecule has 1 fully saturated rings. The number of halogens is 1. The molecule has 1 N–H and O–H groups in total. The summed E-state index contributed by atoms with van der Waals surface area (Å²) in [7, 11) is 2.12. The first kappa shape index (κ1) is 17.7. The molecule has 7 heteroatoms. The van der Waals surface area contributed by atoms with Gasteiger partial charge in [-0.1, -0.05) is 12.1 Å². The molecule has 1 aromatic heterocycles. The summed E-state index contributed by atoms with van der Waals surface area (Å²) in [5.74, 6) is 0.505. The van der Waals surface area contributed by atoms with Gasteiger partial charge in [-0.05, 0) is 47.2 Å². The van der Waals surface area contributed by atoms with Crippen molar-refractivity contribution in [2.75, 3.05) is 43.4 Å². The highest BCUT2D eigenvalue weighted by molar-refractivity contribution is 9.10. The van der Waals surface area contributed by atoms with Crippen LogP contribution in [0.3, 0.4) is 0 Å². The van der Waals surface area contributed by atoms with Crippen molar-refractivity contribution in [2.45, 2.75) is 0 Å². The van der Waals surface area contributed by atoms with Crippen molar-refractivity contribution in [3.8, 4) is 6.07 Å². The molecule has 6 nitrogen and oxygen atoms in total. The Bertz CT molecular complexity index is 1020. The highest BCUT2D eigenvalue weighted by Gasteiger charge is 2.17. The van der Waals surface area contributed by atoms with Gasteiger partial charge in [0.05, 0.1) is 16.8 Å². The summed E-state index contributed by atoms with van der Waals surface area (Å²) >= 11 is 3.53. The molecule has 0 aliphatic carbocycles. The van der Waals surface area contributed by atoms with Gasteiger partial charge in [0.15, 0.2) is 0 Å². The van der Waals surface area contributed by atoms with E-state index in [1.807, 2.05) is 36.4 Å². The van der Waals surface area contributed by atoms with Crippen LogP contribution >= 0.6 is 15.9 Å². The number of nitrogens with zero attached hydrogens (tertiary/aromatic N) is 5. The standard InChI is InChI=1S/C20H19BrN6/c1-26-7-9-27(10-8-26)18-6-5-16(11-15(18)12-22)24-20-23-13-14-3-2-4-17(21)19(14)25-20/h2-6,11,13H,7-10H2,1H3,(H,23,24,25). The van der Waals surface area contributed by atoms with E-state index < -0.39 is 0 Å². The molecule has 0 atom stereocenters. The quantitative estimate of drug-likeness (QED) is 0.692. The second-order valence-corrected chi connectivity index (χ2v) is 7.48. The third-order valence-electron chi connectivity index (χ3n) is 4.78. The highest BCUT2D eigenvalue weighted by Crippen LogP contribution is 2.27. The van der Waals surface area contributed by atoms with Gasteiger partial charge in [-0.3, -0.25) is 0 Å². The third-order valence-corrected chi connectivity index (χ3v) is 5.42. The van der Waals surface area contributed by atoms with Crippen molar-refractivity contribution >= 4 is 44.2 Å². The van der Waals surface area contributed by atoms with Crippen LogP contribution in [0.15, 0.2) is 47.1 Å². The lowest BCUT2D eigenvalue weighted by Crippen LogP contribution is -2.44. The fraction of sp³-hybridized carbons (Fsp3) is 0.250. The van der Waals surface area contributed by atoms with E-state index in [9.17, 15) is 5.26 Å². The summed E-state index contributed by atoms with van der Waals surface area (Å²) in [5, 5.41) is 13.8. The Morgan fingerprint density at radius 2 is 1.96 bits per heavy atom. The molecule has 27 heavy (non-hydrogen) atoms. The number of piperazine rings is 1. The van der Waals surface area contributed by atoms with Gasteiger partial charge < -0.3 is 15.1 Å². The third kappa shape index (κ3) is 3.72. The Hall–Kier alpha value is -2.69. The van der Waals surface area contributed by atoms with E-state index in [4.69, 9.17) is 0 Å². The number of anilines is 3. The summed E-state index contributed by atoms with van der Waals surface area (Å²) in [6.45, 7) is 3.87. The monoisotopic (exact) mass is 422 g/mol. The number of hydrogen-bond donors (Lipinski definition) is 1. The number of benzene rings is 2. The Morgan fingerprint density at radius 1 is 1.15 bits per heavy atom. The average molecular weight is 423 g/mol. The molecular formula is C20H19BrN6. The van der Waals surface area contributed by atoms with Crippen molar-refractivity contribution < 1.29 is 0 Å². The molecule has 0 radical (unpaired) electrons. The molecular weight excluding hydrogens is 404 g/mol. The Morgan fingerprint density at radius 3 is 2.74 bits per heavy atom. The van der Waals surface area contributed by atoms with Crippen molar-refractivity contribution in [1.29, 1.82) is 5.26 Å². The van der Waals surface area contributed by atoms with Crippen LogP contribution in [0.2, 0.25) is 0 Å². The molecule has 0 saturated carbocycles. The van der Waals surface area contributed by atoms with Gasteiger partial charge in [0.25, 0.3) is 0 Å². The van der Waals surface area contributed by atoms with Crippen molar-refractivity contribution in [3.63, 3.8) is 0 Å². The average Bonchev–Trinajstić information content (AvgIpc) is 2.69. The van der Waals surface area contributed by atoms with Gasteiger partial charge >= 0.3 is 0 Å². The van der Waals surface area contributed by atoms with Gasteiger partial charge in [0.2, 0.25) is 5.95 Å². The first-order valence-electron chi connectivity index (χ1n) is 8.80. The molecule has 0 amide bonds. The van der Waals surface area contributed by atoms with Crippen LogP contribution in [-0.2, 0) is 0 Å². The van der Waals surface area contributed by atoms with Gasteiger partial charge in [0.1, 0.15) is 6.07 Å². The zero-order chi connectivity index (χ0) is 18.8. The lowest BCUT2D eigenvalue weighted by molar-refractivity contribution is 0.313. The number of hydrogen-bond acceptors (Lipinski definition) is 6. The van der Waals surface area contributed by atoms with E-state index in [0.29, 0.717) is 11.5 Å². The van der Waals surface area contributed by atoms with Gasteiger partial charge in [-0.2, -0.15) is 5.26 Å². The lowest BCUT2D eigenvalue weighted by Gasteiger charge is -2.34. The molecule has 2 heterocycles. The molecule has 0 bridgehead atoms. The van der Waals surface area contributed by atoms with E-state index in [2.05, 4.69) is 54.1 Å². The zero-order valence-electron chi connectivity index (χ0n) is 15.0. The van der Waals surface area contributed by atoms with Gasteiger partial charge in [-0.15, -0.1) is 0 Å². The van der Waals surface area contributed by atoms with Gasteiger partial charge in [-0.25, -0.2) is 9.97 Å². The van der Waals surface area contributed by atoms with Crippen LogP contribution in [0.25, 0.3) is 10.9 Å². The zero-order valence-corrected chi connectivity index (χ0v) is 16.6. The predicted octanol–water partition coefficient (Wildman–Crippen LogP) is 3.76. The van der Waals surface area contributed by atoms with Crippen LogP contribution < -0.4 is 10.2 Å². The van der Waals surface area contributed by atoms with Crippen LogP contribution in [0.4, 0.5) is 17.3 Å². The molecule has 136 valence electrons. The Kier molecular flexibility index (Phi) is 4.92. The normalized spacial score (nSPS) is 14.9. The smallest absolute Gasteiger partial charge is 0.227 e. The molecule has 1 aliphatic rings. The fourth-order valence-corrected chi connectivity index (χ4v) is 3.71. The van der Waals surface area contributed by atoms with Crippen molar-refractivity contribution in [2.24, 2.45) is 0 Å². The molecule has 3 aromatic rings. The predicted molar refractivity (Wildman–Crippen MR) is 111 cm³/mol. The second-order valence-electron chi connectivity index (χ2n) is 6.63. The van der Waals surface area contributed by atoms with Crippen molar-refractivity contribution in [3.05, 3.63) is 52.6 Å².